The van der Waals surface area contributed by atoms with Gasteiger partial charge in [0.25, 0.3) is 5.91 Å². The van der Waals surface area contributed by atoms with Crippen molar-refractivity contribution < 1.29 is 18.8 Å². The molecule has 4 rings (SSSR count). The van der Waals surface area contributed by atoms with Crippen molar-refractivity contribution in [2.75, 3.05) is 15.5 Å². The van der Waals surface area contributed by atoms with Gasteiger partial charge in [0.05, 0.1) is 34.1 Å². The van der Waals surface area contributed by atoms with Gasteiger partial charge in [-0.05, 0) is 42.5 Å². The van der Waals surface area contributed by atoms with E-state index in [9.17, 15) is 14.4 Å². The Morgan fingerprint density at radius 2 is 1.87 bits per heavy atom. The molecule has 9 heteroatoms. The molecule has 1 aliphatic heterocycles. The van der Waals surface area contributed by atoms with Crippen LogP contribution < -0.4 is 15.5 Å². The quantitative estimate of drug-likeness (QED) is 0.616. The largest absolute Gasteiger partial charge is 0.459 e. The van der Waals surface area contributed by atoms with E-state index in [0.717, 1.165) is 0 Å². The lowest BCUT2D eigenvalue weighted by Gasteiger charge is -2.35. The van der Waals surface area contributed by atoms with E-state index in [4.69, 9.17) is 27.6 Å². The Morgan fingerprint density at radius 3 is 2.60 bits per heavy atom. The molecule has 152 valence electrons. The summed E-state index contributed by atoms with van der Waals surface area (Å²) in [5.74, 6) is -1.40. The summed E-state index contributed by atoms with van der Waals surface area (Å²) in [6, 6.07) is 13.5. The predicted molar refractivity (Wildman–Crippen MR) is 114 cm³/mol. The molecule has 30 heavy (non-hydrogen) atoms. The van der Waals surface area contributed by atoms with Gasteiger partial charge in [-0.15, -0.1) is 0 Å². The van der Waals surface area contributed by atoms with Crippen LogP contribution in [0.4, 0.5) is 17.1 Å². The number of amides is 3. The van der Waals surface area contributed by atoms with Crippen molar-refractivity contribution in [3.05, 3.63) is 76.7 Å². The summed E-state index contributed by atoms with van der Waals surface area (Å²) in [6.45, 7) is 0. The first-order valence-corrected chi connectivity index (χ1v) is 9.71. The molecule has 0 saturated heterocycles. The molecule has 0 fully saturated rings. The van der Waals surface area contributed by atoms with Crippen molar-refractivity contribution in [3.63, 3.8) is 0 Å². The van der Waals surface area contributed by atoms with Gasteiger partial charge in [-0.3, -0.25) is 19.3 Å². The number of anilines is 3. The lowest BCUT2D eigenvalue weighted by molar-refractivity contribution is -0.122. The zero-order chi connectivity index (χ0) is 21.3. The molecule has 0 spiro atoms. The van der Waals surface area contributed by atoms with Gasteiger partial charge in [-0.1, -0.05) is 35.3 Å². The van der Waals surface area contributed by atoms with Crippen molar-refractivity contribution in [1.82, 2.24) is 0 Å². The minimum Gasteiger partial charge on any atom is -0.459 e. The summed E-state index contributed by atoms with van der Waals surface area (Å²) in [4.78, 5) is 39.8. The van der Waals surface area contributed by atoms with E-state index in [1.54, 1.807) is 42.5 Å². The van der Waals surface area contributed by atoms with E-state index in [-0.39, 0.29) is 17.2 Å². The number of halogens is 2. The average molecular weight is 444 g/mol. The van der Waals surface area contributed by atoms with Gasteiger partial charge in [-0.2, -0.15) is 0 Å². The molecule has 1 aromatic heterocycles. The van der Waals surface area contributed by atoms with E-state index in [0.29, 0.717) is 22.1 Å². The van der Waals surface area contributed by atoms with Gasteiger partial charge in [-0.25, -0.2) is 0 Å². The molecule has 7 nitrogen and oxygen atoms in total. The van der Waals surface area contributed by atoms with Crippen LogP contribution in [0.15, 0.2) is 65.3 Å². The first-order chi connectivity index (χ1) is 14.4. The highest BCUT2D eigenvalue weighted by atomic mass is 35.5. The van der Waals surface area contributed by atoms with Gasteiger partial charge >= 0.3 is 0 Å². The highest BCUT2D eigenvalue weighted by molar-refractivity contribution is 6.42. The SMILES string of the molecule is O=C(C[C@@H]1C(=O)Nc2ccccc2N1C(=O)c1ccco1)Nc1ccc(Cl)c(Cl)c1. The molecule has 0 bridgehead atoms. The van der Waals surface area contributed by atoms with Crippen molar-refractivity contribution in [1.29, 1.82) is 0 Å². The van der Waals surface area contributed by atoms with Crippen molar-refractivity contribution in [3.8, 4) is 0 Å². The zero-order valence-corrected chi connectivity index (χ0v) is 16.9. The normalized spacial score (nSPS) is 15.3. The van der Waals surface area contributed by atoms with E-state index < -0.39 is 23.8 Å². The van der Waals surface area contributed by atoms with Crippen LogP contribution in [0.5, 0.6) is 0 Å². The number of para-hydroxylation sites is 2. The first kappa shape index (κ1) is 20.0. The number of rotatable bonds is 4. The Labute approximate surface area is 181 Å². The fourth-order valence-corrected chi connectivity index (χ4v) is 3.50. The summed E-state index contributed by atoms with van der Waals surface area (Å²) < 4.78 is 5.22. The standard InChI is InChI=1S/C21H15Cl2N3O4/c22-13-8-7-12(10-14(13)23)24-19(27)11-17-20(28)25-15-4-1-2-5-16(15)26(17)21(29)18-6-3-9-30-18/h1-10,17H,11H2,(H,24,27)(H,25,28)/t17-/m1/s1. The summed E-state index contributed by atoms with van der Waals surface area (Å²) >= 11 is 11.9. The van der Waals surface area contributed by atoms with Crippen molar-refractivity contribution >= 4 is 58.0 Å². The van der Waals surface area contributed by atoms with E-state index in [1.165, 1.54) is 23.3 Å². The monoisotopic (exact) mass is 443 g/mol. The summed E-state index contributed by atoms with van der Waals surface area (Å²) in [5.41, 5.74) is 1.38. The molecule has 2 aromatic carbocycles. The number of hydrogen-bond acceptors (Lipinski definition) is 4. The third kappa shape index (κ3) is 3.90. The molecule has 0 radical (unpaired) electrons. The number of carbonyl (C=O) groups is 3. The van der Waals surface area contributed by atoms with Crippen molar-refractivity contribution in [2.24, 2.45) is 0 Å². The number of hydrogen-bond donors (Lipinski definition) is 2. The summed E-state index contributed by atoms with van der Waals surface area (Å²) in [7, 11) is 0. The molecule has 1 atom stereocenters. The van der Waals surface area contributed by atoms with E-state index >= 15 is 0 Å². The Kier molecular flexibility index (Phi) is 5.48. The average Bonchev–Trinajstić information content (AvgIpc) is 3.26. The van der Waals surface area contributed by atoms with E-state index in [1.807, 2.05) is 0 Å². The van der Waals surface area contributed by atoms with Gasteiger partial charge < -0.3 is 15.1 Å². The van der Waals surface area contributed by atoms with Gasteiger partial charge in [0.2, 0.25) is 11.8 Å². The van der Waals surface area contributed by atoms with Crippen LogP contribution in [0.1, 0.15) is 17.0 Å². The van der Waals surface area contributed by atoms with Gasteiger partial charge in [0.1, 0.15) is 6.04 Å². The smallest absolute Gasteiger partial charge is 0.294 e. The second-order valence-electron chi connectivity index (χ2n) is 6.56. The second-order valence-corrected chi connectivity index (χ2v) is 7.37. The van der Waals surface area contributed by atoms with Gasteiger partial charge in [0.15, 0.2) is 5.76 Å². The number of carbonyl (C=O) groups excluding carboxylic acids is 3. The van der Waals surface area contributed by atoms with Crippen LogP contribution in [0.3, 0.4) is 0 Å². The molecule has 0 unspecified atom stereocenters. The number of nitrogens with one attached hydrogen (secondary N) is 2. The third-order valence-electron chi connectivity index (χ3n) is 4.57. The van der Waals surface area contributed by atoms with Crippen LogP contribution >= 0.6 is 23.2 Å². The van der Waals surface area contributed by atoms with Gasteiger partial charge in [0, 0.05) is 5.69 Å². The molecular weight excluding hydrogens is 429 g/mol. The Bertz CT molecular complexity index is 1130. The fourth-order valence-electron chi connectivity index (χ4n) is 3.21. The maximum atomic E-state index is 13.1. The Hall–Kier alpha value is -3.29. The number of benzene rings is 2. The minimum absolute atomic E-state index is 0.0643. The summed E-state index contributed by atoms with van der Waals surface area (Å²) in [6.07, 6.45) is 1.10. The predicted octanol–water partition coefficient (Wildman–Crippen LogP) is 4.58. The molecule has 3 aromatic rings. The number of furan rings is 1. The molecular formula is C21H15Cl2N3O4. The van der Waals surface area contributed by atoms with Crippen molar-refractivity contribution in [2.45, 2.75) is 12.5 Å². The zero-order valence-electron chi connectivity index (χ0n) is 15.4. The van der Waals surface area contributed by atoms with E-state index in [2.05, 4.69) is 10.6 Å². The third-order valence-corrected chi connectivity index (χ3v) is 5.31. The Morgan fingerprint density at radius 1 is 1.07 bits per heavy atom. The highest BCUT2D eigenvalue weighted by Crippen LogP contribution is 2.34. The molecule has 3 amide bonds. The minimum atomic E-state index is -1.07. The van der Waals surface area contributed by atoms with Crippen LogP contribution in [0, 0.1) is 0 Å². The van der Waals surface area contributed by atoms with Crippen LogP contribution in [-0.4, -0.2) is 23.8 Å². The number of nitrogens with zero attached hydrogens (tertiary/aromatic N) is 1. The highest BCUT2D eigenvalue weighted by Gasteiger charge is 2.39. The fraction of sp³-hybridized carbons (Fsp3) is 0.0952. The molecule has 1 aliphatic rings. The molecule has 0 saturated carbocycles. The first-order valence-electron chi connectivity index (χ1n) is 8.96. The van der Waals surface area contributed by atoms with Crippen LogP contribution in [0.2, 0.25) is 10.0 Å². The molecule has 0 aliphatic carbocycles. The lowest BCUT2D eigenvalue weighted by Crippen LogP contribution is -2.52. The topological polar surface area (TPSA) is 91.7 Å². The second kappa shape index (κ2) is 8.22. The Balaban J connectivity index is 1.62. The van der Waals surface area contributed by atoms with Crippen LogP contribution in [-0.2, 0) is 9.59 Å². The molecule has 2 N–H and O–H groups in total. The maximum Gasteiger partial charge on any atom is 0.294 e. The molecule has 2 heterocycles. The number of fused-ring (bicyclic) bond motifs is 1. The summed E-state index contributed by atoms with van der Waals surface area (Å²) in [5, 5.41) is 6.06. The van der Waals surface area contributed by atoms with Crippen LogP contribution in [0.25, 0.3) is 0 Å². The lowest BCUT2D eigenvalue weighted by atomic mass is 10.0. The maximum absolute atomic E-state index is 13.1.